The zero-order valence-corrected chi connectivity index (χ0v) is 21.3. The zero-order chi connectivity index (χ0) is 25.3. The summed E-state index contributed by atoms with van der Waals surface area (Å²) < 4.78 is 13.7. The van der Waals surface area contributed by atoms with Crippen molar-refractivity contribution in [1.82, 2.24) is 14.7 Å². The number of aliphatic hydroxyl groups excluding tert-OH is 1. The first-order valence-electron chi connectivity index (χ1n) is 12.5. The van der Waals surface area contributed by atoms with Gasteiger partial charge in [0.05, 0.1) is 18.8 Å². The molecular weight excluding hydrogens is 450 g/mol. The van der Waals surface area contributed by atoms with Gasteiger partial charge in [0.2, 0.25) is 5.88 Å². The van der Waals surface area contributed by atoms with Gasteiger partial charge in [0, 0.05) is 25.7 Å². The van der Waals surface area contributed by atoms with Crippen LogP contribution in [0.4, 0.5) is 0 Å². The Bertz CT molecular complexity index is 1220. The van der Waals surface area contributed by atoms with Gasteiger partial charge >= 0.3 is 0 Å². The lowest BCUT2D eigenvalue weighted by atomic mass is 10.1. The summed E-state index contributed by atoms with van der Waals surface area (Å²) in [6, 6.07) is 27.9. The van der Waals surface area contributed by atoms with E-state index in [2.05, 4.69) is 36.1 Å². The minimum atomic E-state index is -0.477. The summed E-state index contributed by atoms with van der Waals surface area (Å²) in [4.78, 5) is 2.28. The van der Waals surface area contributed by atoms with Crippen LogP contribution in [0.1, 0.15) is 24.5 Å². The number of para-hydroxylation sites is 2. The summed E-state index contributed by atoms with van der Waals surface area (Å²) in [6.07, 6.45) is 1.11. The molecule has 3 aromatic carbocycles. The van der Waals surface area contributed by atoms with E-state index in [1.165, 1.54) is 0 Å². The maximum Gasteiger partial charge on any atom is 0.222 e. The molecule has 0 radical (unpaired) electrons. The molecule has 6 nitrogen and oxygen atoms in total. The lowest BCUT2D eigenvalue weighted by Crippen LogP contribution is -2.34. The van der Waals surface area contributed by atoms with Crippen molar-refractivity contribution in [2.75, 3.05) is 20.2 Å². The Morgan fingerprint density at radius 2 is 1.56 bits per heavy atom. The fraction of sp³-hybridized carbons (Fsp3) is 0.300. The number of rotatable bonds is 12. The van der Waals surface area contributed by atoms with Crippen molar-refractivity contribution in [1.29, 1.82) is 0 Å². The molecule has 0 saturated carbocycles. The van der Waals surface area contributed by atoms with Gasteiger partial charge in [0.1, 0.15) is 5.69 Å². The first-order chi connectivity index (χ1) is 17.6. The number of hydrogen-bond donors (Lipinski definition) is 1. The van der Waals surface area contributed by atoms with Crippen LogP contribution in [0, 0.1) is 0 Å². The SMILES string of the molecule is CCCN(Cc1c(-c2ccccc2)nn(C)c1Oc1ccccc1OC)CC(O)Cc1ccccc1. The topological polar surface area (TPSA) is 59.8 Å². The fourth-order valence-electron chi connectivity index (χ4n) is 4.48. The van der Waals surface area contributed by atoms with E-state index >= 15 is 0 Å². The molecular formula is C30H35N3O3. The second-order valence-corrected chi connectivity index (χ2v) is 8.95. The molecule has 0 amide bonds. The molecule has 4 rings (SSSR count). The van der Waals surface area contributed by atoms with Crippen LogP contribution >= 0.6 is 0 Å². The molecule has 1 unspecified atom stereocenters. The van der Waals surface area contributed by atoms with Gasteiger partial charge in [-0.05, 0) is 37.1 Å². The molecule has 0 aliphatic rings. The van der Waals surface area contributed by atoms with Crippen LogP contribution in [0.2, 0.25) is 0 Å². The first-order valence-corrected chi connectivity index (χ1v) is 12.5. The van der Waals surface area contributed by atoms with E-state index in [0.29, 0.717) is 36.9 Å². The second kappa shape index (κ2) is 12.4. The van der Waals surface area contributed by atoms with Crippen molar-refractivity contribution in [2.24, 2.45) is 7.05 Å². The average molecular weight is 486 g/mol. The third kappa shape index (κ3) is 6.33. The average Bonchev–Trinajstić information content (AvgIpc) is 3.20. The molecule has 0 bridgehead atoms. The van der Waals surface area contributed by atoms with Gasteiger partial charge in [-0.1, -0.05) is 79.7 Å². The van der Waals surface area contributed by atoms with E-state index in [1.54, 1.807) is 11.8 Å². The Kier molecular flexibility index (Phi) is 8.76. The molecule has 1 N–H and O–H groups in total. The van der Waals surface area contributed by atoms with Gasteiger partial charge < -0.3 is 14.6 Å². The van der Waals surface area contributed by atoms with Crippen LogP contribution in [-0.4, -0.2) is 46.1 Å². The van der Waals surface area contributed by atoms with Crippen molar-refractivity contribution < 1.29 is 14.6 Å². The summed E-state index contributed by atoms with van der Waals surface area (Å²) in [5.74, 6) is 1.96. The lowest BCUT2D eigenvalue weighted by Gasteiger charge is -2.25. The van der Waals surface area contributed by atoms with Gasteiger partial charge in [-0.25, -0.2) is 4.68 Å². The lowest BCUT2D eigenvalue weighted by molar-refractivity contribution is 0.108. The molecule has 0 aliphatic heterocycles. The Labute approximate surface area is 213 Å². The second-order valence-electron chi connectivity index (χ2n) is 8.95. The van der Waals surface area contributed by atoms with Crippen LogP contribution in [-0.2, 0) is 20.0 Å². The molecule has 0 spiro atoms. The molecule has 1 atom stereocenters. The molecule has 0 fully saturated rings. The van der Waals surface area contributed by atoms with Gasteiger partial charge in [-0.3, -0.25) is 4.90 Å². The standard InChI is InChI=1S/C30H35N3O3/c1-4-19-33(21-25(34)20-23-13-7-5-8-14-23)22-26-29(24-15-9-6-10-16-24)31-32(2)30(26)36-28-18-12-11-17-27(28)35-3/h5-18,25,34H,4,19-22H2,1-3H3. The molecule has 36 heavy (non-hydrogen) atoms. The van der Waals surface area contributed by atoms with Gasteiger partial charge in [0.15, 0.2) is 11.5 Å². The van der Waals surface area contributed by atoms with E-state index < -0.39 is 6.10 Å². The Balaban J connectivity index is 1.66. The van der Waals surface area contributed by atoms with Crippen molar-refractivity contribution in [3.63, 3.8) is 0 Å². The molecule has 4 aromatic rings. The molecule has 1 heterocycles. The largest absolute Gasteiger partial charge is 0.493 e. The highest BCUT2D eigenvalue weighted by Crippen LogP contribution is 2.37. The van der Waals surface area contributed by atoms with Gasteiger partial charge in [-0.15, -0.1) is 0 Å². The van der Waals surface area contributed by atoms with E-state index in [4.69, 9.17) is 14.6 Å². The molecule has 0 saturated heterocycles. The van der Waals surface area contributed by atoms with Gasteiger partial charge in [-0.2, -0.15) is 5.10 Å². The quantitative estimate of drug-likeness (QED) is 0.279. The highest BCUT2D eigenvalue weighted by atomic mass is 16.5. The molecule has 1 aromatic heterocycles. The number of aromatic nitrogens is 2. The summed E-state index contributed by atoms with van der Waals surface area (Å²) in [6.45, 7) is 4.16. The highest BCUT2D eigenvalue weighted by Gasteiger charge is 2.24. The minimum Gasteiger partial charge on any atom is -0.493 e. The fourth-order valence-corrected chi connectivity index (χ4v) is 4.48. The van der Waals surface area contributed by atoms with Crippen molar-refractivity contribution >= 4 is 0 Å². The first kappa shape index (κ1) is 25.5. The number of ether oxygens (including phenoxy) is 2. The number of aliphatic hydroxyl groups is 1. The van der Waals surface area contributed by atoms with Gasteiger partial charge in [0.25, 0.3) is 0 Å². The molecule has 188 valence electrons. The third-order valence-corrected chi connectivity index (χ3v) is 6.12. The number of benzene rings is 3. The number of methoxy groups -OCH3 is 1. The van der Waals surface area contributed by atoms with E-state index in [9.17, 15) is 5.11 Å². The van der Waals surface area contributed by atoms with Crippen LogP contribution in [0.15, 0.2) is 84.9 Å². The zero-order valence-electron chi connectivity index (χ0n) is 21.3. The number of hydrogen-bond acceptors (Lipinski definition) is 5. The number of aryl methyl sites for hydroxylation is 1. The van der Waals surface area contributed by atoms with Crippen molar-refractivity contribution in [3.8, 4) is 28.6 Å². The maximum absolute atomic E-state index is 10.9. The monoisotopic (exact) mass is 485 g/mol. The Morgan fingerprint density at radius 1 is 0.917 bits per heavy atom. The third-order valence-electron chi connectivity index (χ3n) is 6.12. The summed E-state index contributed by atoms with van der Waals surface area (Å²) in [5.41, 5.74) is 4.02. The summed E-state index contributed by atoms with van der Waals surface area (Å²) in [5, 5.41) is 15.8. The summed E-state index contributed by atoms with van der Waals surface area (Å²) in [7, 11) is 3.54. The smallest absolute Gasteiger partial charge is 0.222 e. The van der Waals surface area contributed by atoms with E-state index in [-0.39, 0.29) is 0 Å². The van der Waals surface area contributed by atoms with Crippen molar-refractivity contribution in [2.45, 2.75) is 32.4 Å². The van der Waals surface area contributed by atoms with Crippen LogP contribution < -0.4 is 9.47 Å². The number of nitrogens with zero attached hydrogens (tertiary/aromatic N) is 3. The predicted octanol–water partition coefficient (Wildman–Crippen LogP) is 5.70. The van der Waals surface area contributed by atoms with Crippen LogP contribution in [0.25, 0.3) is 11.3 Å². The Morgan fingerprint density at radius 3 is 2.22 bits per heavy atom. The van der Waals surface area contributed by atoms with Crippen LogP contribution in [0.5, 0.6) is 17.4 Å². The highest BCUT2D eigenvalue weighted by molar-refractivity contribution is 5.66. The molecule has 0 aliphatic carbocycles. The minimum absolute atomic E-state index is 0.477. The predicted molar refractivity (Wildman–Crippen MR) is 143 cm³/mol. The van der Waals surface area contributed by atoms with E-state index in [1.807, 2.05) is 67.7 Å². The van der Waals surface area contributed by atoms with Crippen molar-refractivity contribution in [3.05, 3.63) is 96.1 Å². The normalized spacial score (nSPS) is 12.0. The summed E-state index contributed by atoms with van der Waals surface area (Å²) >= 11 is 0. The maximum atomic E-state index is 10.9. The van der Waals surface area contributed by atoms with Crippen LogP contribution in [0.3, 0.4) is 0 Å². The van der Waals surface area contributed by atoms with E-state index in [0.717, 1.165) is 35.3 Å². The Hall–Kier alpha value is -3.61. The molecule has 6 heteroatoms.